The number of carbonyl (C=O) groups is 1. The van der Waals surface area contributed by atoms with Gasteiger partial charge in [0.1, 0.15) is 4.90 Å². The van der Waals surface area contributed by atoms with Gasteiger partial charge in [-0.1, -0.05) is 0 Å². The highest BCUT2D eigenvalue weighted by atomic mass is 32.2. The van der Waals surface area contributed by atoms with Crippen molar-refractivity contribution in [3.05, 3.63) is 30.1 Å². The summed E-state index contributed by atoms with van der Waals surface area (Å²) in [5.41, 5.74) is 0.402. The molecule has 1 heterocycles. The number of nitrogens with one attached hydrogen (secondary N) is 1. The molecule has 0 unspecified atom stereocenters. The molecule has 0 aliphatic heterocycles. The van der Waals surface area contributed by atoms with Crippen LogP contribution < -0.4 is 4.72 Å². The summed E-state index contributed by atoms with van der Waals surface area (Å²) in [6.07, 6.45) is 4.73. The van der Waals surface area contributed by atoms with Crippen molar-refractivity contribution < 1.29 is 18.3 Å². The lowest BCUT2D eigenvalue weighted by Crippen LogP contribution is -2.18. The number of carboxylic acids is 1. The second kappa shape index (κ2) is 4.86. The van der Waals surface area contributed by atoms with Gasteiger partial charge in [-0.2, -0.15) is 0 Å². The summed E-state index contributed by atoms with van der Waals surface area (Å²) in [4.78, 5) is 14.0. The van der Waals surface area contributed by atoms with E-state index in [0.717, 1.165) is 6.08 Å². The first-order valence-corrected chi connectivity index (χ1v) is 5.73. The van der Waals surface area contributed by atoms with Crippen molar-refractivity contribution in [2.24, 2.45) is 0 Å². The third-order valence-corrected chi connectivity index (χ3v) is 3.11. The zero-order valence-electron chi connectivity index (χ0n) is 8.41. The molecule has 6 nitrogen and oxygen atoms in total. The van der Waals surface area contributed by atoms with Crippen LogP contribution in [-0.2, 0) is 14.8 Å². The normalized spacial score (nSPS) is 11.8. The van der Waals surface area contributed by atoms with Crippen molar-refractivity contribution in [2.75, 3.05) is 7.05 Å². The van der Waals surface area contributed by atoms with E-state index in [0.29, 0.717) is 5.56 Å². The lowest BCUT2D eigenvalue weighted by atomic mass is 10.2. The van der Waals surface area contributed by atoms with Gasteiger partial charge < -0.3 is 5.11 Å². The van der Waals surface area contributed by atoms with E-state index in [1.807, 2.05) is 0 Å². The fourth-order valence-electron chi connectivity index (χ4n) is 0.959. The van der Waals surface area contributed by atoms with Crippen molar-refractivity contribution in [2.45, 2.75) is 4.90 Å². The molecule has 1 aromatic heterocycles. The van der Waals surface area contributed by atoms with Crippen molar-refractivity contribution >= 4 is 22.1 Å². The second-order valence-corrected chi connectivity index (χ2v) is 4.72. The molecule has 0 bridgehead atoms. The number of nitrogens with zero attached hydrogens (tertiary/aromatic N) is 1. The maximum Gasteiger partial charge on any atom is 0.328 e. The van der Waals surface area contributed by atoms with Gasteiger partial charge in [0, 0.05) is 18.5 Å². The Kier molecular flexibility index (Phi) is 3.75. The van der Waals surface area contributed by atoms with Crippen LogP contribution in [-0.4, -0.2) is 31.5 Å². The number of pyridine rings is 1. The van der Waals surface area contributed by atoms with E-state index in [1.165, 1.54) is 31.6 Å². The summed E-state index contributed by atoms with van der Waals surface area (Å²) >= 11 is 0. The van der Waals surface area contributed by atoms with E-state index < -0.39 is 16.0 Å². The summed E-state index contributed by atoms with van der Waals surface area (Å²) in [6.45, 7) is 0. The van der Waals surface area contributed by atoms with Crippen molar-refractivity contribution in [1.29, 1.82) is 0 Å². The highest BCUT2D eigenvalue weighted by Crippen LogP contribution is 2.10. The minimum Gasteiger partial charge on any atom is -0.478 e. The average molecular weight is 242 g/mol. The standard InChI is InChI=1S/C9H10N2O4S/c1-10-16(14,15)8-4-7(5-11-6-8)2-3-9(12)13/h2-6,10H,1H3,(H,12,13). The van der Waals surface area contributed by atoms with Crippen LogP contribution >= 0.6 is 0 Å². The minimum atomic E-state index is -3.55. The van der Waals surface area contributed by atoms with Gasteiger partial charge in [-0.25, -0.2) is 17.9 Å². The Morgan fingerprint density at radius 2 is 2.19 bits per heavy atom. The summed E-state index contributed by atoms with van der Waals surface area (Å²) in [6, 6.07) is 1.33. The van der Waals surface area contributed by atoms with Crippen molar-refractivity contribution in [1.82, 2.24) is 9.71 Å². The molecule has 0 aromatic carbocycles. The third kappa shape index (κ3) is 3.14. The third-order valence-electron chi connectivity index (χ3n) is 1.73. The Morgan fingerprint density at radius 3 is 2.75 bits per heavy atom. The number of carboxylic acid groups (broad SMARTS) is 1. The first-order chi connectivity index (χ1) is 7.45. The number of hydrogen-bond donors (Lipinski definition) is 2. The van der Waals surface area contributed by atoms with Gasteiger partial charge in [0.2, 0.25) is 10.0 Å². The minimum absolute atomic E-state index is 0.0115. The highest BCUT2D eigenvalue weighted by molar-refractivity contribution is 7.89. The average Bonchev–Trinajstić information content (AvgIpc) is 2.27. The van der Waals surface area contributed by atoms with Crippen molar-refractivity contribution in [3.8, 4) is 0 Å². The Balaban J connectivity index is 3.10. The van der Waals surface area contributed by atoms with Crippen LogP contribution in [0.25, 0.3) is 6.08 Å². The van der Waals surface area contributed by atoms with Crippen LogP contribution in [0.2, 0.25) is 0 Å². The zero-order valence-corrected chi connectivity index (χ0v) is 9.23. The van der Waals surface area contributed by atoms with Crippen LogP contribution in [0.15, 0.2) is 29.4 Å². The number of sulfonamides is 1. The molecule has 7 heteroatoms. The first-order valence-electron chi connectivity index (χ1n) is 4.25. The maximum atomic E-state index is 11.4. The summed E-state index contributed by atoms with van der Waals surface area (Å²) < 4.78 is 24.9. The Labute approximate surface area is 92.7 Å². The monoisotopic (exact) mass is 242 g/mol. The largest absolute Gasteiger partial charge is 0.478 e. The van der Waals surface area contributed by atoms with Gasteiger partial charge in [-0.05, 0) is 24.8 Å². The number of aliphatic carboxylic acids is 1. The Bertz CT molecular complexity index is 522. The van der Waals surface area contributed by atoms with E-state index in [9.17, 15) is 13.2 Å². The molecule has 0 aliphatic carbocycles. The van der Waals surface area contributed by atoms with Gasteiger partial charge >= 0.3 is 5.97 Å². The lowest BCUT2D eigenvalue weighted by Gasteiger charge is -2.01. The SMILES string of the molecule is CNS(=O)(=O)c1cncc(C=CC(=O)O)c1. The predicted molar refractivity (Wildman–Crippen MR) is 57.2 cm³/mol. The molecule has 0 spiro atoms. The van der Waals surface area contributed by atoms with Crippen LogP contribution in [0.4, 0.5) is 0 Å². The molecule has 16 heavy (non-hydrogen) atoms. The number of aromatic nitrogens is 1. The molecule has 0 saturated heterocycles. The van der Waals surface area contributed by atoms with Gasteiger partial charge in [-0.3, -0.25) is 4.98 Å². The topological polar surface area (TPSA) is 96.4 Å². The van der Waals surface area contributed by atoms with Gasteiger partial charge in [0.25, 0.3) is 0 Å². The summed E-state index contributed by atoms with van der Waals surface area (Å²) in [5, 5.41) is 8.41. The second-order valence-electron chi connectivity index (χ2n) is 2.83. The van der Waals surface area contributed by atoms with E-state index in [4.69, 9.17) is 5.11 Å². The lowest BCUT2D eigenvalue weighted by molar-refractivity contribution is -0.131. The molecule has 2 N–H and O–H groups in total. The Morgan fingerprint density at radius 1 is 1.50 bits per heavy atom. The molecule has 1 aromatic rings. The fraction of sp³-hybridized carbons (Fsp3) is 0.111. The van der Waals surface area contributed by atoms with Gasteiger partial charge in [0.15, 0.2) is 0 Å². The molecule has 0 radical (unpaired) electrons. The molecule has 86 valence electrons. The van der Waals surface area contributed by atoms with E-state index >= 15 is 0 Å². The molecule has 0 saturated carbocycles. The summed E-state index contributed by atoms with van der Waals surface area (Å²) in [7, 11) is -2.27. The zero-order chi connectivity index (χ0) is 12.2. The summed E-state index contributed by atoms with van der Waals surface area (Å²) in [5.74, 6) is -1.11. The molecular formula is C9H10N2O4S. The quantitative estimate of drug-likeness (QED) is 0.729. The van der Waals surface area contributed by atoms with E-state index in [-0.39, 0.29) is 4.90 Å². The molecule has 0 atom stereocenters. The van der Waals surface area contributed by atoms with E-state index in [2.05, 4.69) is 9.71 Å². The first kappa shape index (κ1) is 12.3. The molecule has 1 rings (SSSR count). The van der Waals surface area contributed by atoms with Crippen molar-refractivity contribution in [3.63, 3.8) is 0 Å². The van der Waals surface area contributed by atoms with Crippen LogP contribution in [0.1, 0.15) is 5.56 Å². The van der Waals surface area contributed by atoms with Gasteiger partial charge in [0.05, 0.1) is 0 Å². The van der Waals surface area contributed by atoms with Crippen LogP contribution in [0.5, 0.6) is 0 Å². The van der Waals surface area contributed by atoms with Crippen LogP contribution in [0.3, 0.4) is 0 Å². The Hall–Kier alpha value is -1.73. The van der Waals surface area contributed by atoms with Gasteiger partial charge in [-0.15, -0.1) is 0 Å². The van der Waals surface area contributed by atoms with E-state index in [1.54, 1.807) is 0 Å². The molecule has 0 aliphatic rings. The number of rotatable bonds is 4. The molecule has 0 fully saturated rings. The smallest absolute Gasteiger partial charge is 0.328 e. The number of hydrogen-bond acceptors (Lipinski definition) is 4. The molecular weight excluding hydrogens is 232 g/mol. The highest BCUT2D eigenvalue weighted by Gasteiger charge is 2.11. The predicted octanol–water partition coefficient (Wildman–Crippen LogP) is 0.0875. The maximum absolute atomic E-state index is 11.4. The fourth-order valence-corrected chi connectivity index (χ4v) is 1.69. The van der Waals surface area contributed by atoms with Crippen LogP contribution in [0, 0.1) is 0 Å². The molecule has 0 amide bonds.